The van der Waals surface area contributed by atoms with Gasteiger partial charge in [0.25, 0.3) is 0 Å². The van der Waals surface area contributed by atoms with E-state index in [1.54, 1.807) is 17.1 Å². The first-order valence-electron chi connectivity index (χ1n) is 3.25. The molecule has 3 heteroatoms. The Hall–Kier alpha value is -1.27. The third kappa shape index (κ3) is 1.41. The third-order valence-corrected chi connectivity index (χ3v) is 1.48. The van der Waals surface area contributed by atoms with E-state index in [1.165, 1.54) is 6.92 Å². The zero-order chi connectivity index (χ0) is 8.48. The summed E-state index contributed by atoms with van der Waals surface area (Å²) in [5.74, 6) is 2.25. The van der Waals surface area contributed by atoms with Gasteiger partial charge in [-0.1, -0.05) is 5.92 Å². The zero-order valence-corrected chi connectivity index (χ0v) is 6.57. The number of hydrogen-bond donors (Lipinski definition) is 1. The van der Waals surface area contributed by atoms with Crippen LogP contribution in [0, 0.1) is 12.3 Å². The van der Waals surface area contributed by atoms with Crippen LogP contribution in [-0.4, -0.2) is 14.7 Å². The van der Waals surface area contributed by atoms with Crippen molar-refractivity contribution in [3.63, 3.8) is 0 Å². The van der Waals surface area contributed by atoms with Crippen LogP contribution in [0.5, 0.6) is 0 Å². The van der Waals surface area contributed by atoms with Crippen molar-refractivity contribution in [3.05, 3.63) is 18.2 Å². The van der Waals surface area contributed by atoms with E-state index in [2.05, 4.69) is 10.9 Å². The largest absolute Gasteiger partial charge is 0.372 e. The summed E-state index contributed by atoms with van der Waals surface area (Å²) < 4.78 is 1.74. The van der Waals surface area contributed by atoms with Crippen molar-refractivity contribution in [2.75, 3.05) is 0 Å². The number of rotatable bonds is 1. The normalized spacial score (nSPS) is 15.5. The molecule has 0 spiro atoms. The van der Waals surface area contributed by atoms with Gasteiger partial charge < -0.3 is 9.67 Å². The van der Waals surface area contributed by atoms with Crippen molar-refractivity contribution in [2.45, 2.75) is 12.5 Å². The molecule has 0 aliphatic heterocycles. The molecule has 3 nitrogen and oxygen atoms in total. The lowest BCUT2D eigenvalue weighted by Crippen LogP contribution is -2.18. The third-order valence-electron chi connectivity index (χ3n) is 1.48. The van der Waals surface area contributed by atoms with E-state index in [1.807, 2.05) is 7.05 Å². The summed E-state index contributed by atoms with van der Waals surface area (Å²) in [6.45, 7) is 1.54. The minimum absolute atomic E-state index is 0.502. The van der Waals surface area contributed by atoms with E-state index in [9.17, 15) is 5.11 Å². The lowest BCUT2D eigenvalue weighted by Gasteiger charge is -2.11. The maximum absolute atomic E-state index is 9.50. The molecule has 58 valence electrons. The highest BCUT2D eigenvalue weighted by molar-refractivity contribution is 5.20. The lowest BCUT2D eigenvalue weighted by atomic mass is 10.1. The fourth-order valence-electron chi connectivity index (χ4n) is 0.738. The fourth-order valence-corrected chi connectivity index (χ4v) is 0.738. The van der Waals surface area contributed by atoms with E-state index >= 15 is 0 Å². The predicted molar refractivity (Wildman–Crippen MR) is 41.6 cm³/mol. The molecule has 1 aromatic rings. The Bertz CT molecular complexity index is 293. The Labute approximate surface area is 65.7 Å². The van der Waals surface area contributed by atoms with Crippen LogP contribution in [0.2, 0.25) is 0 Å². The highest BCUT2D eigenvalue weighted by atomic mass is 16.3. The number of terminal acetylenes is 1. The second kappa shape index (κ2) is 2.40. The molecule has 0 unspecified atom stereocenters. The summed E-state index contributed by atoms with van der Waals surface area (Å²) >= 11 is 0. The van der Waals surface area contributed by atoms with Gasteiger partial charge in [-0.25, -0.2) is 4.98 Å². The first kappa shape index (κ1) is 7.83. The molecule has 1 N–H and O–H groups in total. The maximum Gasteiger partial charge on any atom is 0.166 e. The number of hydrogen-bond acceptors (Lipinski definition) is 2. The van der Waals surface area contributed by atoms with Gasteiger partial charge in [-0.2, -0.15) is 0 Å². The first-order valence-corrected chi connectivity index (χ1v) is 3.25. The van der Waals surface area contributed by atoms with Crippen LogP contribution in [0.3, 0.4) is 0 Å². The molecule has 0 saturated carbocycles. The molecule has 0 fully saturated rings. The van der Waals surface area contributed by atoms with Gasteiger partial charge in [0, 0.05) is 13.2 Å². The monoisotopic (exact) mass is 150 g/mol. The molecule has 1 heterocycles. The van der Waals surface area contributed by atoms with Gasteiger partial charge in [0.15, 0.2) is 5.60 Å². The Morgan fingerprint density at radius 2 is 2.45 bits per heavy atom. The van der Waals surface area contributed by atoms with Gasteiger partial charge in [-0.05, 0) is 6.92 Å². The van der Waals surface area contributed by atoms with Crippen molar-refractivity contribution in [2.24, 2.45) is 7.05 Å². The molecule has 1 aromatic heterocycles. The quantitative estimate of drug-likeness (QED) is 0.583. The van der Waals surface area contributed by atoms with Crippen LogP contribution < -0.4 is 0 Å². The average molecular weight is 150 g/mol. The van der Waals surface area contributed by atoms with Crippen molar-refractivity contribution in [1.82, 2.24) is 9.55 Å². The lowest BCUT2D eigenvalue weighted by molar-refractivity contribution is 0.118. The standard InChI is InChI=1S/C8H10N2O/c1-4-8(2,11)7-5-10(3)6-9-7/h1,5-6,11H,2-3H3/t8-/m1/s1. The van der Waals surface area contributed by atoms with Gasteiger partial charge in [0.1, 0.15) is 5.69 Å². The minimum Gasteiger partial charge on any atom is -0.372 e. The summed E-state index contributed by atoms with van der Waals surface area (Å²) in [7, 11) is 1.82. The van der Waals surface area contributed by atoms with Crippen LogP contribution in [0.4, 0.5) is 0 Å². The molecule has 0 amide bonds. The van der Waals surface area contributed by atoms with Crippen LogP contribution in [-0.2, 0) is 12.6 Å². The van der Waals surface area contributed by atoms with Crippen LogP contribution in [0.15, 0.2) is 12.5 Å². The molecule has 1 atom stereocenters. The molecule has 1 rings (SSSR count). The zero-order valence-electron chi connectivity index (χ0n) is 6.57. The van der Waals surface area contributed by atoms with E-state index < -0.39 is 5.60 Å². The number of aryl methyl sites for hydroxylation is 1. The van der Waals surface area contributed by atoms with Crippen LogP contribution in [0.1, 0.15) is 12.6 Å². The van der Waals surface area contributed by atoms with E-state index in [4.69, 9.17) is 6.42 Å². The Kier molecular flexibility index (Phi) is 1.71. The molecule has 0 aliphatic carbocycles. The maximum atomic E-state index is 9.50. The Morgan fingerprint density at radius 1 is 1.82 bits per heavy atom. The van der Waals surface area contributed by atoms with Gasteiger partial charge >= 0.3 is 0 Å². The molecular formula is C8H10N2O. The van der Waals surface area contributed by atoms with Gasteiger partial charge in [0.05, 0.1) is 6.33 Å². The number of nitrogens with zero attached hydrogens (tertiary/aromatic N) is 2. The molecule has 11 heavy (non-hydrogen) atoms. The first-order chi connectivity index (χ1) is 5.06. The summed E-state index contributed by atoms with van der Waals surface area (Å²) in [5.41, 5.74) is -0.746. The van der Waals surface area contributed by atoms with Gasteiger partial charge in [0.2, 0.25) is 0 Å². The van der Waals surface area contributed by atoms with Crippen molar-refractivity contribution in [3.8, 4) is 12.3 Å². The number of imidazole rings is 1. The minimum atomic E-state index is -1.25. The highest BCUT2D eigenvalue weighted by Crippen LogP contribution is 2.15. The van der Waals surface area contributed by atoms with Gasteiger partial charge in [-0.3, -0.25) is 0 Å². The summed E-state index contributed by atoms with van der Waals surface area (Å²) in [6.07, 6.45) is 8.39. The Morgan fingerprint density at radius 3 is 2.82 bits per heavy atom. The summed E-state index contributed by atoms with van der Waals surface area (Å²) in [5, 5.41) is 9.50. The van der Waals surface area contributed by atoms with E-state index in [0.29, 0.717) is 5.69 Å². The predicted octanol–water partition coefficient (Wildman–Crippen LogP) is 0.261. The molecule has 0 radical (unpaired) electrons. The fraction of sp³-hybridized carbons (Fsp3) is 0.375. The SMILES string of the molecule is C#C[C@@](C)(O)c1cn(C)cn1. The summed E-state index contributed by atoms with van der Waals surface area (Å²) in [6, 6.07) is 0. The average Bonchev–Trinajstić information content (AvgIpc) is 2.36. The van der Waals surface area contributed by atoms with E-state index in [0.717, 1.165) is 0 Å². The van der Waals surface area contributed by atoms with Crippen molar-refractivity contribution >= 4 is 0 Å². The van der Waals surface area contributed by atoms with Crippen molar-refractivity contribution < 1.29 is 5.11 Å². The topological polar surface area (TPSA) is 38.0 Å². The van der Waals surface area contributed by atoms with Crippen molar-refractivity contribution in [1.29, 1.82) is 0 Å². The molecule has 0 bridgehead atoms. The Balaban J connectivity index is 3.04. The molecule has 0 aromatic carbocycles. The number of aliphatic hydroxyl groups is 1. The number of aromatic nitrogens is 2. The van der Waals surface area contributed by atoms with Crippen LogP contribution >= 0.6 is 0 Å². The molecular weight excluding hydrogens is 140 g/mol. The smallest absolute Gasteiger partial charge is 0.166 e. The molecule has 0 aliphatic rings. The summed E-state index contributed by atoms with van der Waals surface area (Å²) in [4.78, 5) is 3.93. The van der Waals surface area contributed by atoms with Crippen LogP contribution in [0.25, 0.3) is 0 Å². The van der Waals surface area contributed by atoms with Gasteiger partial charge in [-0.15, -0.1) is 6.42 Å². The highest BCUT2D eigenvalue weighted by Gasteiger charge is 2.21. The second-order valence-electron chi connectivity index (χ2n) is 2.64. The van der Waals surface area contributed by atoms with E-state index in [-0.39, 0.29) is 0 Å². The second-order valence-corrected chi connectivity index (χ2v) is 2.64. The molecule has 0 saturated heterocycles.